The van der Waals surface area contributed by atoms with Crippen LogP contribution in [0.4, 0.5) is 0 Å². The number of phenolic OH excluding ortho intramolecular Hbond substituents is 1. The van der Waals surface area contributed by atoms with Crippen molar-refractivity contribution >= 4 is 23.2 Å². The van der Waals surface area contributed by atoms with Gasteiger partial charge in [0.05, 0.1) is 10.0 Å². The van der Waals surface area contributed by atoms with Crippen molar-refractivity contribution in [3.63, 3.8) is 0 Å². The molecule has 0 spiro atoms. The normalized spacial score (nSPS) is 10.1. The van der Waals surface area contributed by atoms with Crippen molar-refractivity contribution in [2.24, 2.45) is 0 Å². The largest absolute Gasteiger partial charge is 0.508 e. The van der Waals surface area contributed by atoms with Crippen LogP contribution in [0.25, 0.3) is 0 Å². The third kappa shape index (κ3) is 2.60. The average Bonchev–Trinajstić information content (AvgIpc) is 2.24. The number of hydrogen-bond donors (Lipinski definition) is 1. The van der Waals surface area contributed by atoms with Crippen molar-refractivity contribution < 1.29 is 9.84 Å². The molecule has 0 saturated heterocycles. The van der Waals surface area contributed by atoms with Gasteiger partial charge in [0.15, 0.2) is 0 Å². The van der Waals surface area contributed by atoms with Crippen LogP contribution < -0.4 is 4.74 Å². The van der Waals surface area contributed by atoms with Gasteiger partial charge < -0.3 is 9.84 Å². The lowest BCUT2D eigenvalue weighted by Crippen LogP contribution is -1.83. The Kier molecular flexibility index (Phi) is 3.22. The molecule has 4 heteroatoms. The van der Waals surface area contributed by atoms with Gasteiger partial charge in [-0.2, -0.15) is 0 Å². The molecule has 16 heavy (non-hydrogen) atoms. The van der Waals surface area contributed by atoms with E-state index in [0.29, 0.717) is 21.5 Å². The zero-order valence-corrected chi connectivity index (χ0v) is 9.66. The molecule has 0 unspecified atom stereocenters. The molecule has 0 amide bonds. The summed E-state index contributed by atoms with van der Waals surface area (Å²) < 4.78 is 5.49. The number of aromatic hydroxyl groups is 1. The van der Waals surface area contributed by atoms with E-state index in [9.17, 15) is 5.11 Å². The van der Waals surface area contributed by atoms with Gasteiger partial charge >= 0.3 is 0 Å². The summed E-state index contributed by atoms with van der Waals surface area (Å²) in [6, 6.07) is 11.5. The summed E-state index contributed by atoms with van der Waals surface area (Å²) in [5.41, 5.74) is 0. The summed E-state index contributed by atoms with van der Waals surface area (Å²) in [6.45, 7) is 0. The molecule has 1 N–H and O–H groups in total. The van der Waals surface area contributed by atoms with Crippen molar-refractivity contribution in [2.75, 3.05) is 0 Å². The molecule has 0 aliphatic heterocycles. The third-order valence-electron chi connectivity index (χ3n) is 1.94. The molecule has 0 bridgehead atoms. The standard InChI is InChI=1S/C12H8Cl2O2/c13-11-5-4-10(7-12(11)14)16-9-3-1-2-8(15)6-9/h1-7,15H. The van der Waals surface area contributed by atoms with Crippen LogP contribution in [-0.4, -0.2) is 5.11 Å². The van der Waals surface area contributed by atoms with Crippen molar-refractivity contribution in [1.29, 1.82) is 0 Å². The summed E-state index contributed by atoms with van der Waals surface area (Å²) in [6.07, 6.45) is 0. The van der Waals surface area contributed by atoms with Gasteiger partial charge in [-0.25, -0.2) is 0 Å². The molecule has 82 valence electrons. The minimum absolute atomic E-state index is 0.151. The molecule has 2 aromatic rings. The molecule has 2 rings (SSSR count). The first kappa shape index (κ1) is 11.1. The highest BCUT2D eigenvalue weighted by Gasteiger charge is 2.02. The van der Waals surface area contributed by atoms with Gasteiger partial charge in [-0.15, -0.1) is 0 Å². The highest BCUT2D eigenvalue weighted by atomic mass is 35.5. The lowest BCUT2D eigenvalue weighted by atomic mass is 10.3. The van der Waals surface area contributed by atoms with E-state index in [1.165, 1.54) is 6.07 Å². The minimum Gasteiger partial charge on any atom is -0.508 e. The lowest BCUT2D eigenvalue weighted by Gasteiger charge is -2.06. The second-order valence-electron chi connectivity index (χ2n) is 3.18. The predicted molar refractivity (Wildman–Crippen MR) is 64.6 cm³/mol. The second-order valence-corrected chi connectivity index (χ2v) is 3.99. The fraction of sp³-hybridized carbons (Fsp3) is 0. The summed E-state index contributed by atoms with van der Waals surface area (Å²) in [5.74, 6) is 1.26. The van der Waals surface area contributed by atoms with Crippen molar-refractivity contribution in [3.8, 4) is 17.2 Å². The first-order chi connectivity index (χ1) is 7.65. The molecule has 0 atom stereocenters. The van der Waals surface area contributed by atoms with E-state index in [1.54, 1.807) is 36.4 Å². The highest BCUT2D eigenvalue weighted by Crippen LogP contribution is 2.30. The summed E-state index contributed by atoms with van der Waals surface area (Å²) in [5, 5.41) is 10.2. The second kappa shape index (κ2) is 4.64. The van der Waals surface area contributed by atoms with Crippen LogP contribution in [0.15, 0.2) is 42.5 Å². The van der Waals surface area contributed by atoms with E-state index >= 15 is 0 Å². The Balaban J connectivity index is 2.24. The summed E-state index contributed by atoms with van der Waals surface area (Å²) in [7, 11) is 0. The third-order valence-corrected chi connectivity index (χ3v) is 2.68. The molecule has 0 saturated carbocycles. The van der Waals surface area contributed by atoms with E-state index < -0.39 is 0 Å². The Morgan fingerprint density at radius 1 is 0.875 bits per heavy atom. The number of benzene rings is 2. The number of phenols is 1. The molecular formula is C12H8Cl2O2. The summed E-state index contributed by atoms with van der Waals surface area (Å²) >= 11 is 11.6. The van der Waals surface area contributed by atoms with Crippen LogP contribution in [-0.2, 0) is 0 Å². The molecule has 2 aromatic carbocycles. The maximum atomic E-state index is 9.26. The van der Waals surface area contributed by atoms with Gasteiger partial charge in [-0.3, -0.25) is 0 Å². The van der Waals surface area contributed by atoms with Crippen LogP contribution in [0.5, 0.6) is 17.2 Å². The lowest BCUT2D eigenvalue weighted by molar-refractivity contribution is 0.455. The van der Waals surface area contributed by atoms with E-state index in [4.69, 9.17) is 27.9 Å². The monoisotopic (exact) mass is 254 g/mol. The SMILES string of the molecule is Oc1cccc(Oc2ccc(Cl)c(Cl)c2)c1. The fourth-order valence-corrected chi connectivity index (χ4v) is 1.51. The van der Waals surface area contributed by atoms with Gasteiger partial charge in [-0.05, 0) is 24.3 Å². The Hall–Kier alpha value is -1.38. The molecule has 0 aliphatic rings. The van der Waals surface area contributed by atoms with Gasteiger partial charge in [0.2, 0.25) is 0 Å². The number of rotatable bonds is 2. The van der Waals surface area contributed by atoms with Gasteiger partial charge in [0, 0.05) is 12.1 Å². The van der Waals surface area contributed by atoms with Gasteiger partial charge in [0.1, 0.15) is 17.2 Å². The fourth-order valence-electron chi connectivity index (χ4n) is 1.22. The average molecular weight is 255 g/mol. The van der Waals surface area contributed by atoms with Crippen molar-refractivity contribution in [3.05, 3.63) is 52.5 Å². The predicted octanol–water partition coefficient (Wildman–Crippen LogP) is 4.49. The highest BCUT2D eigenvalue weighted by molar-refractivity contribution is 6.42. The minimum atomic E-state index is 0.151. The zero-order chi connectivity index (χ0) is 11.5. The van der Waals surface area contributed by atoms with Crippen LogP contribution in [0.3, 0.4) is 0 Å². The van der Waals surface area contributed by atoms with E-state index in [-0.39, 0.29) is 5.75 Å². The smallest absolute Gasteiger partial charge is 0.131 e. The Bertz CT molecular complexity index is 512. The molecule has 0 heterocycles. The molecular weight excluding hydrogens is 247 g/mol. The summed E-state index contributed by atoms with van der Waals surface area (Å²) in [4.78, 5) is 0. The van der Waals surface area contributed by atoms with Crippen LogP contribution >= 0.6 is 23.2 Å². The molecule has 0 aromatic heterocycles. The van der Waals surface area contributed by atoms with Gasteiger partial charge in [0.25, 0.3) is 0 Å². The molecule has 2 nitrogen and oxygen atoms in total. The van der Waals surface area contributed by atoms with E-state index in [0.717, 1.165) is 0 Å². The number of halogens is 2. The zero-order valence-electron chi connectivity index (χ0n) is 8.15. The number of ether oxygens (including phenoxy) is 1. The maximum Gasteiger partial charge on any atom is 0.131 e. The Labute approximate surface area is 103 Å². The topological polar surface area (TPSA) is 29.5 Å². The molecule has 0 fully saturated rings. The van der Waals surface area contributed by atoms with E-state index in [1.807, 2.05) is 0 Å². The van der Waals surface area contributed by atoms with Crippen LogP contribution in [0.2, 0.25) is 10.0 Å². The number of hydrogen-bond acceptors (Lipinski definition) is 2. The Morgan fingerprint density at radius 3 is 2.31 bits per heavy atom. The van der Waals surface area contributed by atoms with Crippen molar-refractivity contribution in [2.45, 2.75) is 0 Å². The molecule has 0 radical (unpaired) electrons. The first-order valence-electron chi connectivity index (χ1n) is 4.57. The van der Waals surface area contributed by atoms with Crippen molar-refractivity contribution in [1.82, 2.24) is 0 Å². The quantitative estimate of drug-likeness (QED) is 0.856. The van der Waals surface area contributed by atoms with Gasteiger partial charge in [-0.1, -0.05) is 29.3 Å². The molecule has 0 aliphatic carbocycles. The Morgan fingerprint density at radius 2 is 1.62 bits per heavy atom. The van der Waals surface area contributed by atoms with Crippen LogP contribution in [0, 0.1) is 0 Å². The van der Waals surface area contributed by atoms with Crippen LogP contribution in [0.1, 0.15) is 0 Å². The first-order valence-corrected chi connectivity index (χ1v) is 5.33. The van der Waals surface area contributed by atoms with E-state index in [2.05, 4.69) is 0 Å². The maximum absolute atomic E-state index is 9.26.